The van der Waals surface area contributed by atoms with Crippen LogP contribution in [0, 0.1) is 0 Å². The fraction of sp³-hybridized carbons (Fsp3) is 1.00. The molecular weight excluding hydrogens is 163 g/mol. The molecule has 5 heteroatoms. The number of aliphatic hydroxyl groups is 2. The van der Waals surface area contributed by atoms with Gasteiger partial charge >= 0.3 is 0 Å². The Morgan fingerprint density at radius 1 is 0.909 bits per heavy atom. The van der Waals surface area contributed by atoms with E-state index in [1.165, 1.54) is 0 Å². The smallest absolute Gasteiger partial charge is 0.0693 e. The Bertz CT molecular complexity index is 35.6. The number of hydrogen-bond donors (Lipinski definition) is 2. The first-order chi connectivity index (χ1) is 4.83. The van der Waals surface area contributed by atoms with Crippen molar-refractivity contribution >= 4 is 17.4 Å². The van der Waals surface area contributed by atoms with Crippen LogP contribution in [0.3, 0.4) is 0 Å². The summed E-state index contributed by atoms with van der Waals surface area (Å²) in [4.78, 5) is 0. The summed E-state index contributed by atoms with van der Waals surface area (Å²) in [6, 6.07) is 0. The van der Waals surface area contributed by atoms with Crippen LogP contribution in [0.1, 0.15) is 0 Å². The zero-order chi connectivity index (χ0) is 8.24. The molecule has 0 aliphatic heterocycles. The molecule has 0 aromatic heterocycles. The molecular formula is C6H16AlO4. The third kappa shape index (κ3) is 38.0. The molecule has 2 N–H and O–H groups in total. The van der Waals surface area contributed by atoms with Crippen LogP contribution >= 0.6 is 0 Å². The van der Waals surface area contributed by atoms with E-state index in [4.69, 9.17) is 10.2 Å². The SMILES string of the molecule is COCCO.COCCO.[Al]. The average molecular weight is 179 g/mol. The van der Waals surface area contributed by atoms with Gasteiger partial charge in [0.2, 0.25) is 0 Å². The van der Waals surface area contributed by atoms with Crippen LogP contribution in [-0.4, -0.2) is 68.2 Å². The van der Waals surface area contributed by atoms with E-state index in [2.05, 4.69) is 9.47 Å². The summed E-state index contributed by atoms with van der Waals surface area (Å²) in [5, 5.41) is 15.9. The largest absolute Gasteiger partial charge is 0.394 e. The summed E-state index contributed by atoms with van der Waals surface area (Å²) >= 11 is 0. The molecule has 67 valence electrons. The summed E-state index contributed by atoms with van der Waals surface area (Å²) < 4.78 is 8.88. The highest BCUT2D eigenvalue weighted by atomic mass is 27.0. The number of rotatable bonds is 4. The fourth-order valence-corrected chi connectivity index (χ4v) is 0.183. The van der Waals surface area contributed by atoms with Crippen LogP contribution in [0.15, 0.2) is 0 Å². The van der Waals surface area contributed by atoms with E-state index in [0.717, 1.165) is 0 Å². The van der Waals surface area contributed by atoms with Gasteiger partial charge in [-0.1, -0.05) is 0 Å². The van der Waals surface area contributed by atoms with Gasteiger partial charge in [-0.05, 0) is 0 Å². The van der Waals surface area contributed by atoms with Gasteiger partial charge in [0.25, 0.3) is 0 Å². The lowest BCUT2D eigenvalue weighted by Crippen LogP contribution is -1.91. The first kappa shape index (κ1) is 17.5. The van der Waals surface area contributed by atoms with Crippen molar-refractivity contribution in [1.29, 1.82) is 0 Å². The first-order valence-corrected chi connectivity index (χ1v) is 3.03. The van der Waals surface area contributed by atoms with Crippen molar-refractivity contribution in [2.45, 2.75) is 0 Å². The molecule has 4 nitrogen and oxygen atoms in total. The molecule has 0 amide bonds. The molecule has 0 aromatic rings. The Hall–Kier alpha value is 0.372. The molecule has 3 radical (unpaired) electrons. The third-order valence-electron chi connectivity index (χ3n) is 0.591. The minimum Gasteiger partial charge on any atom is -0.394 e. The molecule has 0 saturated heterocycles. The second-order valence-electron chi connectivity index (χ2n) is 1.43. The lowest BCUT2D eigenvalue weighted by molar-refractivity contribution is 0.135. The Labute approximate surface area is 78.3 Å². The van der Waals surface area contributed by atoms with Crippen molar-refractivity contribution in [2.24, 2.45) is 0 Å². The molecule has 0 heterocycles. The molecule has 0 fully saturated rings. The van der Waals surface area contributed by atoms with Crippen molar-refractivity contribution in [3.8, 4) is 0 Å². The minimum atomic E-state index is 0. The lowest BCUT2D eigenvalue weighted by Gasteiger charge is -1.84. The highest BCUT2D eigenvalue weighted by Crippen LogP contribution is 1.57. The van der Waals surface area contributed by atoms with Gasteiger partial charge in [-0.2, -0.15) is 0 Å². The summed E-state index contributed by atoms with van der Waals surface area (Å²) in [7, 11) is 3.10. The van der Waals surface area contributed by atoms with Crippen LogP contribution in [-0.2, 0) is 9.47 Å². The number of aliphatic hydroxyl groups excluding tert-OH is 2. The Kier molecular flexibility index (Phi) is 35.6. The Morgan fingerprint density at radius 3 is 1.18 bits per heavy atom. The molecule has 0 spiro atoms. The average Bonchev–Trinajstić information content (AvgIpc) is 1.93. The topological polar surface area (TPSA) is 58.9 Å². The van der Waals surface area contributed by atoms with Crippen LogP contribution in [0.5, 0.6) is 0 Å². The maximum Gasteiger partial charge on any atom is 0.0693 e. The normalized spacial score (nSPS) is 7.64. The number of hydrogen-bond acceptors (Lipinski definition) is 4. The van der Waals surface area contributed by atoms with E-state index in [1.807, 2.05) is 0 Å². The third-order valence-corrected chi connectivity index (χ3v) is 0.591. The van der Waals surface area contributed by atoms with Crippen molar-refractivity contribution in [2.75, 3.05) is 40.6 Å². The van der Waals surface area contributed by atoms with Crippen molar-refractivity contribution in [3.63, 3.8) is 0 Å². The minimum absolute atomic E-state index is 0. The second-order valence-corrected chi connectivity index (χ2v) is 1.43. The quantitative estimate of drug-likeness (QED) is 0.536. The van der Waals surface area contributed by atoms with E-state index in [0.29, 0.717) is 13.2 Å². The van der Waals surface area contributed by atoms with E-state index in [9.17, 15) is 0 Å². The van der Waals surface area contributed by atoms with Gasteiger partial charge in [0.1, 0.15) is 0 Å². The predicted octanol–water partition coefficient (Wildman–Crippen LogP) is -1.13. The van der Waals surface area contributed by atoms with Gasteiger partial charge in [-0.3, -0.25) is 0 Å². The molecule has 0 atom stereocenters. The summed E-state index contributed by atoms with van der Waals surface area (Å²) in [5.41, 5.74) is 0. The van der Waals surface area contributed by atoms with Crippen molar-refractivity contribution < 1.29 is 19.7 Å². The molecule has 0 bridgehead atoms. The Balaban J connectivity index is -0.000000107. The predicted molar refractivity (Wildman–Crippen MR) is 43.7 cm³/mol. The summed E-state index contributed by atoms with van der Waals surface area (Å²) in [6.07, 6.45) is 0. The molecule has 0 unspecified atom stereocenters. The molecule has 0 aliphatic carbocycles. The van der Waals surface area contributed by atoms with Gasteiger partial charge in [-0.15, -0.1) is 0 Å². The molecule has 0 saturated carbocycles. The highest BCUT2D eigenvalue weighted by molar-refractivity contribution is 5.75. The van der Waals surface area contributed by atoms with Gasteiger partial charge < -0.3 is 19.7 Å². The van der Waals surface area contributed by atoms with E-state index in [-0.39, 0.29) is 30.6 Å². The summed E-state index contributed by atoms with van der Waals surface area (Å²) in [6.45, 7) is 1.13. The van der Waals surface area contributed by atoms with Crippen LogP contribution in [0.4, 0.5) is 0 Å². The van der Waals surface area contributed by atoms with Crippen molar-refractivity contribution in [1.82, 2.24) is 0 Å². The van der Waals surface area contributed by atoms with E-state index >= 15 is 0 Å². The van der Waals surface area contributed by atoms with Gasteiger partial charge in [-0.25, -0.2) is 0 Å². The number of ether oxygens (including phenoxy) is 2. The first-order valence-electron chi connectivity index (χ1n) is 3.03. The van der Waals surface area contributed by atoms with Crippen molar-refractivity contribution in [3.05, 3.63) is 0 Å². The van der Waals surface area contributed by atoms with Gasteiger partial charge in [0.05, 0.1) is 26.4 Å². The lowest BCUT2D eigenvalue weighted by atomic mass is 10.8. The van der Waals surface area contributed by atoms with Crippen LogP contribution < -0.4 is 0 Å². The molecule has 0 aromatic carbocycles. The van der Waals surface area contributed by atoms with Gasteiger partial charge in [0, 0.05) is 31.6 Å². The fourth-order valence-electron chi connectivity index (χ4n) is 0.183. The standard InChI is InChI=1S/2C3H8O2.Al/c2*1-5-3-2-4;/h2*4H,2-3H2,1H3;. The highest BCUT2D eigenvalue weighted by Gasteiger charge is 1.67. The zero-order valence-electron chi connectivity index (χ0n) is 7.12. The number of methoxy groups -OCH3 is 2. The maximum atomic E-state index is 7.94. The van der Waals surface area contributed by atoms with E-state index in [1.54, 1.807) is 14.2 Å². The maximum absolute atomic E-state index is 7.94. The Morgan fingerprint density at radius 2 is 1.18 bits per heavy atom. The zero-order valence-corrected chi connectivity index (χ0v) is 8.27. The molecule has 0 aliphatic rings. The van der Waals surface area contributed by atoms with Crippen LogP contribution in [0.2, 0.25) is 0 Å². The molecule has 11 heavy (non-hydrogen) atoms. The van der Waals surface area contributed by atoms with Gasteiger partial charge in [0.15, 0.2) is 0 Å². The van der Waals surface area contributed by atoms with Crippen LogP contribution in [0.25, 0.3) is 0 Å². The second kappa shape index (κ2) is 22.4. The molecule has 0 rings (SSSR count). The monoisotopic (exact) mass is 179 g/mol. The van der Waals surface area contributed by atoms with E-state index < -0.39 is 0 Å². The summed E-state index contributed by atoms with van der Waals surface area (Å²) in [5.74, 6) is 0.